The molecule has 0 aliphatic heterocycles. The number of fused-ring (bicyclic) bond motifs is 1. The summed E-state index contributed by atoms with van der Waals surface area (Å²) in [6.07, 6.45) is 2.80. The number of carbonyl (C=O) groups is 1. The number of hydrogen-bond donors (Lipinski definition) is 0. The third-order valence-electron chi connectivity index (χ3n) is 4.49. The minimum Gasteiger partial charge on any atom is -0.292 e. The summed E-state index contributed by atoms with van der Waals surface area (Å²) in [6, 6.07) is 11.2. The van der Waals surface area contributed by atoms with Crippen LogP contribution in [0.5, 0.6) is 0 Å². The van der Waals surface area contributed by atoms with Gasteiger partial charge in [0.25, 0.3) is 5.56 Å². The summed E-state index contributed by atoms with van der Waals surface area (Å²) in [7, 11) is 0. The van der Waals surface area contributed by atoms with Crippen LogP contribution in [0.1, 0.15) is 21.5 Å². The molecule has 0 amide bonds. The van der Waals surface area contributed by atoms with E-state index < -0.39 is 5.82 Å². The smallest absolute Gasteiger partial charge is 0.264 e. The molecule has 7 heteroatoms. The molecule has 140 valence electrons. The van der Waals surface area contributed by atoms with Crippen LogP contribution in [0.25, 0.3) is 16.7 Å². The Balaban J connectivity index is 1.71. The third-order valence-corrected chi connectivity index (χ3v) is 4.49. The number of nitrogens with zero attached hydrogens (tertiary/aromatic N) is 4. The first-order chi connectivity index (χ1) is 13.4. The number of halogens is 1. The van der Waals surface area contributed by atoms with Crippen LogP contribution in [-0.4, -0.2) is 25.1 Å². The van der Waals surface area contributed by atoms with Gasteiger partial charge in [0.15, 0.2) is 11.4 Å². The van der Waals surface area contributed by atoms with Gasteiger partial charge in [-0.3, -0.25) is 14.2 Å². The van der Waals surface area contributed by atoms with Crippen molar-refractivity contribution in [1.29, 1.82) is 0 Å². The van der Waals surface area contributed by atoms with Crippen LogP contribution in [0.3, 0.4) is 0 Å². The Kier molecular flexibility index (Phi) is 4.35. The third kappa shape index (κ3) is 3.22. The molecule has 0 atom stereocenters. The van der Waals surface area contributed by atoms with E-state index in [1.54, 1.807) is 4.68 Å². The van der Waals surface area contributed by atoms with E-state index in [-0.39, 0.29) is 17.9 Å². The largest absolute Gasteiger partial charge is 0.292 e. The van der Waals surface area contributed by atoms with Crippen molar-refractivity contribution < 1.29 is 9.18 Å². The second-order valence-electron chi connectivity index (χ2n) is 6.75. The number of Topliss-reactive ketones (excluding diaryl/α,β-unsaturated/α-hetero) is 1. The number of ketones is 1. The van der Waals surface area contributed by atoms with E-state index >= 15 is 0 Å². The summed E-state index contributed by atoms with van der Waals surface area (Å²) >= 11 is 0. The number of benzene rings is 2. The van der Waals surface area contributed by atoms with Gasteiger partial charge in [-0.25, -0.2) is 14.1 Å². The normalized spacial score (nSPS) is 11.1. The molecule has 0 saturated heterocycles. The van der Waals surface area contributed by atoms with Gasteiger partial charge < -0.3 is 0 Å². The molecule has 4 rings (SSSR count). The van der Waals surface area contributed by atoms with Crippen molar-refractivity contribution in [2.75, 3.05) is 0 Å². The number of aryl methyl sites for hydroxylation is 2. The molecule has 0 spiro atoms. The van der Waals surface area contributed by atoms with Crippen molar-refractivity contribution in [1.82, 2.24) is 19.3 Å². The zero-order chi connectivity index (χ0) is 19.8. The summed E-state index contributed by atoms with van der Waals surface area (Å²) in [5.74, 6) is -0.722. The summed E-state index contributed by atoms with van der Waals surface area (Å²) in [6.45, 7) is 3.80. The quantitative estimate of drug-likeness (QED) is 0.513. The number of carbonyl (C=O) groups excluding carboxylic acids is 1. The number of rotatable bonds is 4. The standard InChI is InChI=1S/C21H17FN4O2/c1-13-7-14(2)9-17(8-13)26-20-18(10-24-26)21(28)25(12-23-20)11-19(27)15-3-5-16(22)6-4-15/h3-10,12H,11H2,1-2H3. The molecule has 0 saturated carbocycles. The number of aromatic nitrogens is 4. The minimum atomic E-state index is -0.421. The van der Waals surface area contributed by atoms with E-state index in [9.17, 15) is 14.0 Å². The summed E-state index contributed by atoms with van der Waals surface area (Å²) in [5, 5.41) is 4.64. The van der Waals surface area contributed by atoms with Gasteiger partial charge in [-0.2, -0.15) is 5.10 Å². The Morgan fingerprint density at radius 3 is 2.43 bits per heavy atom. The predicted octanol–water partition coefficient (Wildman–Crippen LogP) is 3.22. The van der Waals surface area contributed by atoms with Gasteiger partial charge >= 0.3 is 0 Å². The first-order valence-electron chi connectivity index (χ1n) is 8.73. The van der Waals surface area contributed by atoms with Gasteiger partial charge in [0.1, 0.15) is 17.5 Å². The Morgan fingerprint density at radius 1 is 1.07 bits per heavy atom. The average Bonchev–Trinajstić information content (AvgIpc) is 3.08. The van der Waals surface area contributed by atoms with Crippen LogP contribution in [0.4, 0.5) is 4.39 Å². The highest BCUT2D eigenvalue weighted by atomic mass is 19.1. The zero-order valence-electron chi connectivity index (χ0n) is 15.4. The lowest BCUT2D eigenvalue weighted by atomic mass is 10.1. The first-order valence-corrected chi connectivity index (χ1v) is 8.73. The van der Waals surface area contributed by atoms with Gasteiger partial charge in [0, 0.05) is 5.56 Å². The van der Waals surface area contributed by atoms with Crippen LogP contribution >= 0.6 is 0 Å². The molecule has 2 aromatic carbocycles. The number of hydrogen-bond acceptors (Lipinski definition) is 4. The lowest BCUT2D eigenvalue weighted by Crippen LogP contribution is -2.24. The molecule has 28 heavy (non-hydrogen) atoms. The van der Waals surface area contributed by atoms with Gasteiger partial charge in [0.2, 0.25) is 0 Å². The topological polar surface area (TPSA) is 69.8 Å². The molecule has 0 aliphatic carbocycles. The van der Waals surface area contributed by atoms with Crippen molar-refractivity contribution in [3.05, 3.63) is 87.9 Å². The maximum absolute atomic E-state index is 13.0. The summed E-state index contributed by atoms with van der Waals surface area (Å²) in [4.78, 5) is 29.5. The predicted molar refractivity (Wildman–Crippen MR) is 103 cm³/mol. The Bertz CT molecular complexity index is 1240. The SMILES string of the molecule is Cc1cc(C)cc(-n2ncc3c(=O)n(CC(=O)c4ccc(F)cc4)cnc32)c1. The molecule has 4 aromatic rings. The fraction of sp³-hybridized carbons (Fsp3) is 0.143. The maximum Gasteiger partial charge on any atom is 0.264 e. The van der Waals surface area contributed by atoms with Crippen molar-refractivity contribution in [3.8, 4) is 5.69 Å². The molecule has 0 unspecified atom stereocenters. The van der Waals surface area contributed by atoms with Crippen LogP contribution in [0.2, 0.25) is 0 Å². The first kappa shape index (κ1) is 17.8. The van der Waals surface area contributed by atoms with Crippen molar-refractivity contribution in [3.63, 3.8) is 0 Å². The zero-order valence-corrected chi connectivity index (χ0v) is 15.4. The fourth-order valence-electron chi connectivity index (χ4n) is 3.20. The molecular formula is C21H17FN4O2. The van der Waals surface area contributed by atoms with E-state index in [1.165, 1.54) is 41.4 Å². The highest BCUT2D eigenvalue weighted by molar-refractivity contribution is 5.96. The second kappa shape index (κ2) is 6.84. The van der Waals surface area contributed by atoms with Crippen LogP contribution in [0, 0.1) is 19.7 Å². The van der Waals surface area contributed by atoms with Gasteiger partial charge in [-0.05, 0) is 61.4 Å². The van der Waals surface area contributed by atoms with E-state index in [2.05, 4.69) is 16.1 Å². The van der Waals surface area contributed by atoms with Crippen molar-refractivity contribution >= 4 is 16.8 Å². The lowest BCUT2D eigenvalue weighted by Gasteiger charge is -2.07. The lowest BCUT2D eigenvalue weighted by molar-refractivity contribution is 0.0970. The molecule has 0 N–H and O–H groups in total. The molecule has 2 aromatic heterocycles. The summed E-state index contributed by atoms with van der Waals surface area (Å²) < 4.78 is 15.9. The van der Waals surface area contributed by atoms with Crippen molar-refractivity contribution in [2.45, 2.75) is 20.4 Å². The molecule has 6 nitrogen and oxygen atoms in total. The van der Waals surface area contributed by atoms with E-state index in [0.717, 1.165) is 16.8 Å². The monoisotopic (exact) mass is 376 g/mol. The van der Waals surface area contributed by atoms with Crippen molar-refractivity contribution in [2.24, 2.45) is 0 Å². The second-order valence-corrected chi connectivity index (χ2v) is 6.75. The fourth-order valence-corrected chi connectivity index (χ4v) is 3.20. The highest BCUT2D eigenvalue weighted by Gasteiger charge is 2.14. The molecular weight excluding hydrogens is 359 g/mol. The molecule has 0 aliphatic rings. The maximum atomic E-state index is 13.0. The Labute approximate surface area is 159 Å². The van der Waals surface area contributed by atoms with Crippen LogP contribution in [0.15, 0.2) is 59.8 Å². The van der Waals surface area contributed by atoms with Gasteiger partial charge in [0.05, 0.1) is 18.4 Å². The highest BCUT2D eigenvalue weighted by Crippen LogP contribution is 2.17. The van der Waals surface area contributed by atoms with Gasteiger partial charge in [-0.1, -0.05) is 6.07 Å². The van der Waals surface area contributed by atoms with Gasteiger partial charge in [-0.15, -0.1) is 0 Å². The van der Waals surface area contributed by atoms with Crippen LogP contribution in [-0.2, 0) is 6.54 Å². The minimum absolute atomic E-state index is 0.178. The molecule has 2 heterocycles. The Morgan fingerprint density at radius 2 is 1.75 bits per heavy atom. The summed E-state index contributed by atoms with van der Waals surface area (Å²) in [5.41, 5.74) is 3.39. The Hall–Kier alpha value is -3.61. The molecule has 0 radical (unpaired) electrons. The van der Waals surface area contributed by atoms with E-state index in [0.29, 0.717) is 16.6 Å². The van der Waals surface area contributed by atoms with Crippen LogP contribution < -0.4 is 5.56 Å². The van der Waals surface area contributed by atoms with E-state index in [4.69, 9.17) is 0 Å². The molecule has 0 fully saturated rings. The molecule has 0 bridgehead atoms. The van der Waals surface area contributed by atoms with E-state index in [1.807, 2.05) is 26.0 Å². The average molecular weight is 376 g/mol.